The van der Waals surface area contributed by atoms with Crippen molar-refractivity contribution in [3.05, 3.63) is 23.9 Å². The van der Waals surface area contributed by atoms with E-state index >= 15 is 0 Å². The molecule has 0 bridgehead atoms. The Bertz CT molecular complexity index is 646. The molecule has 2 amide bonds. The number of nitrogens with one attached hydrogen (secondary N) is 2. The molecule has 2 heterocycles. The van der Waals surface area contributed by atoms with Crippen molar-refractivity contribution in [1.82, 2.24) is 20.5 Å². The van der Waals surface area contributed by atoms with Crippen LogP contribution in [0.5, 0.6) is 5.88 Å². The van der Waals surface area contributed by atoms with Crippen LogP contribution in [-0.4, -0.2) is 74.2 Å². The Kier molecular flexibility index (Phi) is 7.62. The summed E-state index contributed by atoms with van der Waals surface area (Å²) in [6.45, 7) is 5.14. The second-order valence-electron chi connectivity index (χ2n) is 7.31. The molecule has 1 aliphatic carbocycles. The predicted molar refractivity (Wildman–Crippen MR) is 104 cm³/mol. The van der Waals surface area contributed by atoms with Gasteiger partial charge in [0.1, 0.15) is 0 Å². The van der Waals surface area contributed by atoms with E-state index in [9.17, 15) is 9.59 Å². The molecule has 1 aliphatic heterocycles. The van der Waals surface area contributed by atoms with Crippen LogP contribution in [0.1, 0.15) is 36.0 Å². The summed E-state index contributed by atoms with van der Waals surface area (Å²) in [5.74, 6) is 0.134. The molecule has 28 heavy (non-hydrogen) atoms. The normalized spacial score (nSPS) is 22.6. The molecule has 1 saturated carbocycles. The molecule has 154 valence electrons. The van der Waals surface area contributed by atoms with Gasteiger partial charge < -0.3 is 20.1 Å². The third-order valence-corrected chi connectivity index (χ3v) is 5.43. The molecule has 0 unspecified atom stereocenters. The smallest absolute Gasteiger partial charge is 0.253 e. The van der Waals surface area contributed by atoms with Crippen molar-refractivity contribution in [2.24, 2.45) is 5.92 Å². The molecule has 1 aromatic heterocycles. The second kappa shape index (κ2) is 10.4. The first-order valence-electron chi connectivity index (χ1n) is 10.1. The molecule has 2 aliphatic rings. The first kappa shape index (κ1) is 20.5. The van der Waals surface area contributed by atoms with Crippen molar-refractivity contribution in [1.29, 1.82) is 0 Å². The summed E-state index contributed by atoms with van der Waals surface area (Å²) < 4.78 is 10.4. The molecule has 1 aromatic rings. The molecule has 0 aromatic carbocycles. The number of carbonyl (C=O) groups is 2. The topological polar surface area (TPSA) is 92.8 Å². The van der Waals surface area contributed by atoms with Gasteiger partial charge in [0.05, 0.1) is 31.8 Å². The number of ether oxygens (including phenoxy) is 2. The van der Waals surface area contributed by atoms with Gasteiger partial charge in [0.15, 0.2) is 0 Å². The standard InChI is InChI=1S/C20H30N4O4/c1-27-18-7-6-15(14-22-18)19(25)23-17-5-2-4-16(17)20(26)21-8-3-9-24-10-12-28-13-11-24/h6-7,14,16-17H,2-5,8-13H2,1H3,(H,21,26)(H,23,25)/t16-,17+/m0/s1. The first-order chi connectivity index (χ1) is 13.7. The average molecular weight is 390 g/mol. The minimum atomic E-state index is -0.202. The van der Waals surface area contributed by atoms with Crippen LogP contribution in [0.3, 0.4) is 0 Å². The molecule has 8 nitrogen and oxygen atoms in total. The largest absolute Gasteiger partial charge is 0.481 e. The highest BCUT2D eigenvalue weighted by Gasteiger charge is 2.34. The van der Waals surface area contributed by atoms with Crippen molar-refractivity contribution in [2.45, 2.75) is 31.7 Å². The van der Waals surface area contributed by atoms with Crippen LogP contribution in [0.25, 0.3) is 0 Å². The van der Waals surface area contributed by atoms with E-state index in [4.69, 9.17) is 9.47 Å². The third-order valence-electron chi connectivity index (χ3n) is 5.43. The van der Waals surface area contributed by atoms with Crippen molar-refractivity contribution < 1.29 is 19.1 Å². The van der Waals surface area contributed by atoms with Gasteiger partial charge in [-0.25, -0.2) is 4.98 Å². The van der Waals surface area contributed by atoms with Gasteiger partial charge in [-0.3, -0.25) is 14.5 Å². The zero-order chi connectivity index (χ0) is 19.8. The van der Waals surface area contributed by atoms with Gasteiger partial charge in [-0.1, -0.05) is 6.42 Å². The maximum absolute atomic E-state index is 12.6. The predicted octanol–water partition coefficient (Wildman–Crippen LogP) is 0.827. The first-order valence-corrected chi connectivity index (χ1v) is 10.1. The molecule has 2 fully saturated rings. The van der Waals surface area contributed by atoms with E-state index in [0.717, 1.165) is 58.5 Å². The zero-order valence-electron chi connectivity index (χ0n) is 16.5. The number of pyridine rings is 1. The lowest BCUT2D eigenvalue weighted by Crippen LogP contribution is -2.44. The van der Waals surface area contributed by atoms with Gasteiger partial charge in [0.25, 0.3) is 5.91 Å². The lowest BCUT2D eigenvalue weighted by atomic mass is 10.0. The molecular formula is C20H30N4O4. The van der Waals surface area contributed by atoms with Gasteiger partial charge in [-0.15, -0.1) is 0 Å². The summed E-state index contributed by atoms with van der Waals surface area (Å²) >= 11 is 0. The van der Waals surface area contributed by atoms with E-state index in [-0.39, 0.29) is 23.8 Å². The van der Waals surface area contributed by atoms with Crippen LogP contribution >= 0.6 is 0 Å². The molecular weight excluding hydrogens is 360 g/mol. The summed E-state index contributed by atoms with van der Waals surface area (Å²) in [5.41, 5.74) is 0.470. The van der Waals surface area contributed by atoms with Crippen molar-refractivity contribution in [3.8, 4) is 5.88 Å². The number of morpholine rings is 1. The highest BCUT2D eigenvalue weighted by molar-refractivity contribution is 5.94. The van der Waals surface area contributed by atoms with Crippen molar-refractivity contribution >= 4 is 11.8 Å². The molecule has 2 N–H and O–H groups in total. The quantitative estimate of drug-likeness (QED) is 0.639. The van der Waals surface area contributed by atoms with Gasteiger partial charge >= 0.3 is 0 Å². The minimum Gasteiger partial charge on any atom is -0.481 e. The van der Waals surface area contributed by atoms with Crippen LogP contribution in [0.2, 0.25) is 0 Å². The monoisotopic (exact) mass is 390 g/mol. The Morgan fingerprint density at radius 1 is 1.29 bits per heavy atom. The summed E-state index contributed by atoms with van der Waals surface area (Å²) in [4.78, 5) is 31.5. The molecule has 1 saturated heterocycles. The number of hydrogen-bond acceptors (Lipinski definition) is 6. The maximum atomic E-state index is 12.6. The lowest BCUT2D eigenvalue weighted by molar-refractivity contribution is -0.125. The molecule has 8 heteroatoms. The Morgan fingerprint density at radius 2 is 2.11 bits per heavy atom. The zero-order valence-corrected chi connectivity index (χ0v) is 16.5. The number of nitrogens with zero attached hydrogens (tertiary/aromatic N) is 2. The van der Waals surface area contributed by atoms with Gasteiger partial charge in [-0.2, -0.15) is 0 Å². The number of hydrogen-bond donors (Lipinski definition) is 2. The van der Waals surface area contributed by atoms with E-state index in [1.165, 1.54) is 13.3 Å². The van der Waals surface area contributed by atoms with Crippen molar-refractivity contribution in [2.75, 3.05) is 46.5 Å². The molecule has 0 spiro atoms. The van der Waals surface area contributed by atoms with Gasteiger partial charge in [0, 0.05) is 37.9 Å². The summed E-state index contributed by atoms with van der Waals surface area (Å²) in [6, 6.07) is 3.20. The van der Waals surface area contributed by atoms with E-state index in [0.29, 0.717) is 18.0 Å². The van der Waals surface area contributed by atoms with Gasteiger partial charge in [-0.05, 0) is 31.9 Å². The van der Waals surface area contributed by atoms with Crippen LogP contribution in [-0.2, 0) is 9.53 Å². The van der Waals surface area contributed by atoms with Crippen LogP contribution in [0.4, 0.5) is 0 Å². The summed E-state index contributed by atoms with van der Waals surface area (Å²) in [7, 11) is 1.53. The number of rotatable bonds is 8. The molecule has 0 radical (unpaired) electrons. The van der Waals surface area contributed by atoms with Crippen molar-refractivity contribution in [3.63, 3.8) is 0 Å². The lowest BCUT2D eigenvalue weighted by Gasteiger charge is -2.26. The van der Waals surface area contributed by atoms with E-state index < -0.39 is 0 Å². The Hall–Kier alpha value is -2.19. The van der Waals surface area contributed by atoms with Crippen LogP contribution < -0.4 is 15.4 Å². The van der Waals surface area contributed by atoms with Gasteiger partial charge in [0.2, 0.25) is 11.8 Å². The summed E-state index contributed by atoms with van der Waals surface area (Å²) in [5, 5.41) is 6.05. The average Bonchev–Trinajstić information content (AvgIpc) is 3.20. The van der Waals surface area contributed by atoms with Crippen LogP contribution in [0.15, 0.2) is 18.3 Å². The highest BCUT2D eigenvalue weighted by Crippen LogP contribution is 2.26. The molecule has 3 rings (SSSR count). The Labute approximate surface area is 166 Å². The number of methoxy groups -OCH3 is 1. The van der Waals surface area contributed by atoms with E-state index in [1.54, 1.807) is 12.1 Å². The van der Waals surface area contributed by atoms with E-state index in [1.807, 2.05) is 0 Å². The SMILES string of the molecule is COc1ccc(C(=O)N[C@@H]2CCC[C@@H]2C(=O)NCCCN2CCOCC2)cn1. The highest BCUT2D eigenvalue weighted by atomic mass is 16.5. The number of carbonyl (C=O) groups excluding carboxylic acids is 2. The third kappa shape index (κ3) is 5.65. The molecule has 2 atom stereocenters. The Morgan fingerprint density at radius 3 is 2.82 bits per heavy atom. The fourth-order valence-electron chi connectivity index (χ4n) is 3.80. The van der Waals surface area contributed by atoms with E-state index in [2.05, 4.69) is 20.5 Å². The Balaban J connectivity index is 1.42. The fraction of sp³-hybridized carbons (Fsp3) is 0.650. The number of aromatic nitrogens is 1. The second-order valence-corrected chi connectivity index (χ2v) is 7.31. The van der Waals surface area contributed by atoms with Crippen LogP contribution in [0, 0.1) is 5.92 Å². The fourth-order valence-corrected chi connectivity index (χ4v) is 3.80. The maximum Gasteiger partial charge on any atom is 0.253 e. The summed E-state index contributed by atoms with van der Waals surface area (Å²) in [6.07, 6.45) is 4.98. The minimum absolute atomic E-state index is 0.0395. The number of amides is 2.